The lowest BCUT2D eigenvalue weighted by Crippen LogP contribution is -2.42. The number of hydrogen-bond acceptors (Lipinski definition) is 3. The van der Waals surface area contributed by atoms with Gasteiger partial charge in [-0.25, -0.2) is 4.39 Å². The molecule has 5 heteroatoms. The number of benzene rings is 2. The maximum atomic E-state index is 13.0. The summed E-state index contributed by atoms with van der Waals surface area (Å²) in [6.45, 7) is 4.21. The summed E-state index contributed by atoms with van der Waals surface area (Å²) in [5, 5.41) is 6.12. The number of hydrogen-bond donors (Lipinski definition) is 2. The van der Waals surface area contributed by atoms with E-state index in [1.807, 2.05) is 38.1 Å². The monoisotopic (exact) mass is 330 g/mol. The van der Waals surface area contributed by atoms with E-state index in [4.69, 9.17) is 4.74 Å². The Balaban J connectivity index is 1.83. The van der Waals surface area contributed by atoms with Gasteiger partial charge in [-0.15, -0.1) is 0 Å². The molecule has 0 spiro atoms. The number of ether oxygens (including phenoxy) is 1. The molecule has 0 aliphatic rings. The predicted octanol–water partition coefficient (Wildman–Crippen LogP) is 3.19. The van der Waals surface area contributed by atoms with Crippen LogP contribution in [0.4, 0.5) is 4.39 Å². The van der Waals surface area contributed by atoms with Crippen LogP contribution in [-0.2, 0) is 11.3 Å². The van der Waals surface area contributed by atoms with E-state index in [2.05, 4.69) is 10.6 Å². The molecule has 2 N–H and O–H groups in total. The first-order valence-corrected chi connectivity index (χ1v) is 7.91. The highest BCUT2D eigenvalue weighted by atomic mass is 19.1. The van der Waals surface area contributed by atoms with Gasteiger partial charge in [-0.1, -0.05) is 24.3 Å². The molecule has 0 fully saturated rings. The maximum Gasteiger partial charge on any atom is 0.237 e. The Bertz CT molecular complexity index is 656. The first-order chi connectivity index (χ1) is 11.5. The van der Waals surface area contributed by atoms with Gasteiger partial charge in [0.15, 0.2) is 0 Å². The smallest absolute Gasteiger partial charge is 0.237 e. The van der Waals surface area contributed by atoms with Crippen LogP contribution in [0, 0.1) is 5.82 Å². The summed E-state index contributed by atoms with van der Waals surface area (Å²) in [5.74, 6) is 0.434. The molecule has 128 valence electrons. The molecule has 0 heterocycles. The number of halogens is 1. The predicted molar refractivity (Wildman–Crippen MR) is 92.3 cm³/mol. The molecular weight excluding hydrogens is 307 g/mol. The zero-order chi connectivity index (χ0) is 17.5. The van der Waals surface area contributed by atoms with Gasteiger partial charge in [-0.3, -0.25) is 10.1 Å². The molecular formula is C19H23FN2O2. The lowest BCUT2D eigenvalue weighted by molar-refractivity contribution is -0.123. The number of rotatable bonds is 7. The number of nitrogens with one attached hydrogen (secondary N) is 2. The fraction of sp³-hybridized carbons (Fsp3) is 0.316. The van der Waals surface area contributed by atoms with E-state index < -0.39 is 0 Å². The maximum absolute atomic E-state index is 13.0. The lowest BCUT2D eigenvalue weighted by Gasteiger charge is -2.20. The summed E-state index contributed by atoms with van der Waals surface area (Å²) in [6.07, 6.45) is 0. The molecule has 0 bridgehead atoms. The first-order valence-electron chi connectivity index (χ1n) is 7.91. The fourth-order valence-electron chi connectivity index (χ4n) is 2.38. The second kappa shape index (κ2) is 8.45. The largest absolute Gasteiger partial charge is 0.497 e. The zero-order valence-corrected chi connectivity index (χ0v) is 14.2. The normalized spacial score (nSPS) is 13.2. The Morgan fingerprint density at radius 3 is 2.29 bits per heavy atom. The topological polar surface area (TPSA) is 50.4 Å². The first kappa shape index (κ1) is 17.9. The second-order valence-corrected chi connectivity index (χ2v) is 5.73. The van der Waals surface area contributed by atoms with Crippen molar-refractivity contribution in [3.63, 3.8) is 0 Å². The van der Waals surface area contributed by atoms with Crippen molar-refractivity contribution in [1.29, 1.82) is 0 Å². The van der Waals surface area contributed by atoms with Crippen molar-refractivity contribution in [2.45, 2.75) is 32.5 Å². The molecule has 2 aromatic rings. The second-order valence-electron chi connectivity index (χ2n) is 5.73. The molecule has 4 nitrogen and oxygen atoms in total. The van der Waals surface area contributed by atoms with Gasteiger partial charge in [0.1, 0.15) is 11.6 Å². The van der Waals surface area contributed by atoms with Gasteiger partial charge in [0.25, 0.3) is 0 Å². The van der Waals surface area contributed by atoms with Gasteiger partial charge in [-0.05, 0) is 49.2 Å². The van der Waals surface area contributed by atoms with E-state index in [0.29, 0.717) is 6.54 Å². The van der Waals surface area contributed by atoms with Gasteiger partial charge < -0.3 is 10.1 Å². The van der Waals surface area contributed by atoms with Crippen LogP contribution in [-0.4, -0.2) is 19.1 Å². The molecule has 0 aliphatic carbocycles. The van der Waals surface area contributed by atoms with Crippen LogP contribution in [0.2, 0.25) is 0 Å². The number of carbonyl (C=O) groups excluding carboxylic acids is 1. The van der Waals surface area contributed by atoms with Crippen molar-refractivity contribution in [2.24, 2.45) is 0 Å². The number of carbonyl (C=O) groups is 1. The van der Waals surface area contributed by atoms with Crippen LogP contribution in [0.1, 0.15) is 31.0 Å². The molecule has 0 unspecified atom stereocenters. The minimum atomic E-state index is -0.358. The average molecular weight is 330 g/mol. The summed E-state index contributed by atoms with van der Waals surface area (Å²) < 4.78 is 18.1. The van der Waals surface area contributed by atoms with E-state index in [1.54, 1.807) is 19.2 Å². The molecule has 2 aromatic carbocycles. The Kier molecular flexibility index (Phi) is 6.32. The molecule has 2 rings (SSSR count). The summed E-state index contributed by atoms with van der Waals surface area (Å²) >= 11 is 0. The van der Waals surface area contributed by atoms with Crippen molar-refractivity contribution < 1.29 is 13.9 Å². The molecule has 0 radical (unpaired) electrons. The van der Waals surface area contributed by atoms with Crippen LogP contribution in [0.15, 0.2) is 48.5 Å². The SMILES string of the molecule is COc1ccc(CNC(=O)[C@H](C)N[C@@H](C)c2ccc(F)cc2)cc1. The highest BCUT2D eigenvalue weighted by Crippen LogP contribution is 2.14. The Labute approximate surface area is 142 Å². The summed E-state index contributed by atoms with van der Waals surface area (Å²) in [6, 6.07) is 13.4. The summed E-state index contributed by atoms with van der Waals surface area (Å²) in [7, 11) is 1.62. The van der Waals surface area contributed by atoms with Crippen molar-refractivity contribution in [3.8, 4) is 5.75 Å². The van der Waals surface area contributed by atoms with Crippen LogP contribution in [0.3, 0.4) is 0 Å². The van der Waals surface area contributed by atoms with Crippen LogP contribution >= 0.6 is 0 Å². The van der Waals surface area contributed by atoms with Gasteiger partial charge in [0.05, 0.1) is 13.2 Å². The molecule has 0 aromatic heterocycles. The number of methoxy groups -OCH3 is 1. The van der Waals surface area contributed by atoms with Crippen molar-refractivity contribution in [2.75, 3.05) is 7.11 Å². The minimum Gasteiger partial charge on any atom is -0.497 e. The van der Waals surface area contributed by atoms with Crippen LogP contribution in [0.25, 0.3) is 0 Å². The third-order valence-corrected chi connectivity index (χ3v) is 3.89. The minimum absolute atomic E-state index is 0.0488. The van der Waals surface area contributed by atoms with Gasteiger partial charge >= 0.3 is 0 Å². The van der Waals surface area contributed by atoms with Crippen molar-refractivity contribution in [1.82, 2.24) is 10.6 Å². The van der Waals surface area contributed by atoms with E-state index >= 15 is 0 Å². The average Bonchev–Trinajstić information content (AvgIpc) is 2.60. The lowest BCUT2D eigenvalue weighted by atomic mass is 10.1. The van der Waals surface area contributed by atoms with Crippen LogP contribution < -0.4 is 15.4 Å². The molecule has 0 saturated heterocycles. The van der Waals surface area contributed by atoms with E-state index in [9.17, 15) is 9.18 Å². The molecule has 0 aliphatic heterocycles. The molecule has 1 amide bonds. The quantitative estimate of drug-likeness (QED) is 0.820. The highest BCUT2D eigenvalue weighted by Gasteiger charge is 2.16. The third kappa shape index (κ3) is 5.06. The standard InChI is InChI=1S/C19H23FN2O2/c1-13(16-6-8-17(20)9-7-16)22-14(2)19(23)21-12-15-4-10-18(24-3)11-5-15/h4-11,13-14,22H,12H2,1-3H3,(H,21,23)/t13-,14-/m0/s1. The van der Waals surface area contributed by atoms with E-state index in [0.717, 1.165) is 16.9 Å². The molecule has 0 saturated carbocycles. The van der Waals surface area contributed by atoms with E-state index in [-0.39, 0.29) is 23.8 Å². The van der Waals surface area contributed by atoms with Crippen LogP contribution in [0.5, 0.6) is 5.75 Å². The van der Waals surface area contributed by atoms with Gasteiger partial charge in [-0.2, -0.15) is 0 Å². The summed E-state index contributed by atoms with van der Waals surface area (Å²) in [5.41, 5.74) is 1.94. The van der Waals surface area contributed by atoms with Gasteiger partial charge in [0.2, 0.25) is 5.91 Å². The van der Waals surface area contributed by atoms with Crippen molar-refractivity contribution >= 4 is 5.91 Å². The highest BCUT2D eigenvalue weighted by molar-refractivity contribution is 5.81. The van der Waals surface area contributed by atoms with E-state index in [1.165, 1.54) is 12.1 Å². The Morgan fingerprint density at radius 2 is 1.71 bits per heavy atom. The number of amides is 1. The third-order valence-electron chi connectivity index (χ3n) is 3.89. The van der Waals surface area contributed by atoms with Gasteiger partial charge in [0, 0.05) is 12.6 Å². The molecule has 2 atom stereocenters. The molecule has 24 heavy (non-hydrogen) atoms. The zero-order valence-electron chi connectivity index (χ0n) is 14.2. The Hall–Kier alpha value is -2.40. The summed E-state index contributed by atoms with van der Waals surface area (Å²) in [4.78, 5) is 12.2. The Morgan fingerprint density at radius 1 is 1.08 bits per heavy atom. The fourth-order valence-corrected chi connectivity index (χ4v) is 2.38. The van der Waals surface area contributed by atoms with Crippen molar-refractivity contribution in [3.05, 3.63) is 65.5 Å².